The smallest absolute Gasteiger partial charge is 0.231 e. The van der Waals surface area contributed by atoms with Crippen LogP contribution in [0.25, 0.3) is 11.0 Å². The molecule has 0 aliphatic heterocycles. The number of rotatable bonds is 8. The standard InChI is InChI=1S/C28H33FN6O2/c1-27(2,37)24-13-32-25(14-31-24)35(26(36)21-6-7-21)15-20-4-3-9-28(11-20,16-29)17-34-18-33-22-8-5-19(12-30)10-23(22)34/h5,8,10,13-14,18,20-21,37H,3-4,6-7,9,11,15-17H2,1-2H3/t20?,28-/m0/s1. The Hall–Kier alpha value is -3.38. The Bertz CT molecular complexity index is 1320. The number of anilines is 1. The van der Waals surface area contributed by atoms with E-state index in [0.29, 0.717) is 36.6 Å². The van der Waals surface area contributed by atoms with Crippen LogP contribution in [0.3, 0.4) is 0 Å². The molecule has 194 valence electrons. The van der Waals surface area contributed by atoms with Crippen molar-refractivity contribution < 1.29 is 14.3 Å². The van der Waals surface area contributed by atoms with Gasteiger partial charge in [-0.2, -0.15) is 5.26 Å². The maximum Gasteiger partial charge on any atom is 0.231 e. The van der Waals surface area contributed by atoms with E-state index in [1.165, 1.54) is 6.20 Å². The van der Waals surface area contributed by atoms with Crippen LogP contribution < -0.4 is 4.90 Å². The number of fused-ring (bicyclic) bond motifs is 1. The fraction of sp³-hybridized carbons (Fsp3) is 0.536. The fourth-order valence-electron chi connectivity index (χ4n) is 5.54. The number of benzene rings is 1. The summed E-state index contributed by atoms with van der Waals surface area (Å²) in [5.41, 5.74) is 0.930. The van der Waals surface area contributed by atoms with E-state index in [1.807, 2.05) is 10.6 Å². The van der Waals surface area contributed by atoms with Gasteiger partial charge in [-0.05, 0) is 70.1 Å². The third-order valence-corrected chi connectivity index (χ3v) is 7.76. The van der Waals surface area contributed by atoms with Gasteiger partial charge in [0.2, 0.25) is 5.91 Å². The Morgan fingerprint density at radius 2 is 2.08 bits per heavy atom. The van der Waals surface area contributed by atoms with E-state index < -0.39 is 17.7 Å². The van der Waals surface area contributed by atoms with E-state index >= 15 is 0 Å². The van der Waals surface area contributed by atoms with Gasteiger partial charge >= 0.3 is 0 Å². The molecule has 2 aliphatic rings. The molecule has 1 unspecified atom stereocenters. The number of halogens is 1. The molecule has 0 radical (unpaired) electrons. The Morgan fingerprint density at radius 1 is 1.27 bits per heavy atom. The van der Waals surface area contributed by atoms with Crippen molar-refractivity contribution in [3.63, 3.8) is 0 Å². The first-order valence-corrected chi connectivity index (χ1v) is 13.0. The number of aliphatic hydroxyl groups is 1. The molecule has 0 spiro atoms. The summed E-state index contributed by atoms with van der Waals surface area (Å²) in [6, 6.07) is 7.53. The van der Waals surface area contributed by atoms with E-state index in [1.54, 1.807) is 43.4 Å². The highest BCUT2D eigenvalue weighted by Crippen LogP contribution is 2.43. The van der Waals surface area contributed by atoms with Gasteiger partial charge in [-0.25, -0.2) is 9.97 Å². The molecule has 0 bridgehead atoms. The Labute approximate surface area is 216 Å². The molecule has 2 heterocycles. The zero-order valence-electron chi connectivity index (χ0n) is 21.4. The van der Waals surface area contributed by atoms with Gasteiger partial charge in [-0.1, -0.05) is 6.42 Å². The predicted molar refractivity (Wildman–Crippen MR) is 137 cm³/mol. The lowest BCUT2D eigenvalue weighted by atomic mass is 9.70. The Kier molecular flexibility index (Phi) is 6.71. The SMILES string of the molecule is CC(C)(O)c1cnc(N(CC2CCC[C@](CF)(Cn3cnc4ccc(C#N)cc43)C2)C(=O)C2CC2)cn1. The second-order valence-electron chi connectivity index (χ2n) is 11.3. The maximum atomic E-state index is 14.7. The zero-order valence-corrected chi connectivity index (χ0v) is 21.4. The average Bonchev–Trinajstić information content (AvgIpc) is 3.68. The van der Waals surface area contributed by atoms with Crippen LogP contribution in [-0.4, -0.2) is 43.8 Å². The highest BCUT2D eigenvalue weighted by atomic mass is 19.1. The molecule has 9 heteroatoms. The quantitative estimate of drug-likeness (QED) is 0.483. The van der Waals surface area contributed by atoms with Gasteiger partial charge in [0.1, 0.15) is 5.60 Å². The maximum absolute atomic E-state index is 14.7. The van der Waals surface area contributed by atoms with E-state index in [2.05, 4.69) is 21.0 Å². The van der Waals surface area contributed by atoms with Crippen LogP contribution in [0.5, 0.6) is 0 Å². The zero-order chi connectivity index (χ0) is 26.2. The summed E-state index contributed by atoms with van der Waals surface area (Å²) in [6.07, 6.45) is 9.75. The van der Waals surface area contributed by atoms with Gasteiger partial charge in [0.25, 0.3) is 0 Å². The number of hydrogen-bond donors (Lipinski definition) is 1. The van der Waals surface area contributed by atoms with Crippen LogP contribution in [0.2, 0.25) is 0 Å². The van der Waals surface area contributed by atoms with Crippen molar-refractivity contribution >= 4 is 22.8 Å². The van der Waals surface area contributed by atoms with Crippen LogP contribution in [-0.2, 0) is 16.9 Å². The molecule has 8 nitrogen and oxygen atoms in total. The summed E-state index contributed by atoms with van der Waals surface area (Å²) in [5, 5.41) is 19.5. The van der Waals surface area contributed by atoms with Crippen LogP contribution in [0, 0.1) is 28.6 Å². The largest absolute Gasteiger partial charge is 0.384 e. The molecular formula is C28H33FN6O2. The van der Waals surface area contributed by atoms with E-state index in [4.69, 9.17) is 0 Å². The molecule has 2 atom stereocenters. The van der Waals surface area contributed by atoms with Crippen molar-refractivity contribution in [2.45, 2.75) is 64.5 Å². The van der Waals surface area contributed by atoms with Crippen molar-refractivity contribution in [1.82, 2.24) is 19.5 Å². The normalized spacial score (nSPS) is 22.1. The van der Waals surface area contributed by atoms with Gasteiger partial charge in [0.15, 0.2) is 5.82 Å². The summed E-state index contributed by atoms with van der Waals surface area (Å²) in [6.45, 7) is 3.77. The van der Waals surface area contributed by atoms with Crippen molar-refractivity contribution in [2.75, 3.05) is 18.1 Å². The first-order chi connectivity index (χ1) is 17.7. The number of amides is 1. The van der Waals surface area contributed by atoms with E-state index in [-0.39, 0.29) is 17.7 Å². The lowest BCUT2D eigenvalue weighted by Gasteiger charge is -2.41. The molecule has 37 heavy (non-hydrogen) atoms. The third-order valence-electron chi connectivity index (χ3n) is 7.76. The number of carbonyl (C=O) groups excluding carboxylic acids is 1. The number of aromatic nitrogens is 4. The molecule has 1 aromatic carbocycles. The van der Waals surface area contributed by atoms with Crippen LogP contribution in [0.4, 0.5) is 10.2 Å². The van der Waals surface area contributed by atoms with Crippen molar-refractivity contribution in [3.05, 3.63) is 48.2 Å². The number of nitriles is 1. The van der Waals surface area contributed by atoms with Crippen molar-refractivity contribution in [3.8, 4) is 6.07 Å². The number of imidazole rings is 1. The van der Waals surface area contributed by atoms with Gasteiger partial charge in [-0.15, -0.1) is 0 Å². The van der Waals surface area contributed by atoms with Gasteiger partial charge in [0.05, 0.1) is 53.8 Å². The molecule has 2 saturated carbocycles. The number of alkyl halides is 1. The number of hydrogen-bond acceptors (Lipinski definition) is 6. The first-order valence-electron chi connectivity index (χ1n) is 13.0. The second kappa shape index (κ2) is 9.82. The Balaban J connectivity index is 1.37. The molecule has 2 aliphatic carbocycles. The highest BCUT2D eigenvalue weighted by molar-refractivity contribution is 5.95. The summed E-state index contributed by atoms with van der Waals surface area (Å²) >= 11 is 0. The summed E-state index contributed by atoms with van der Waals surface area (Å²) in [5.74, 6) is 0.654. The summed E-state index contributed by atoms with van der Waals surface area (Å²) in [7, 11) is 0. The van der Waals surface area contributed by atoms with Crippen LogP contribution >= 0.6 is 0 Å². The molecule has 2 aromatic heterocycles. The van der Waals surface area contributed by atoms with E-state index in [0.717, 1.165) is 43.1 Å². The van der Waals surface area contributed by atoms with Gasteiger partial charge in [0, 0.05) is 24.4 Å². The van der Waals surface area contributed by atoms with Gasteiger partial charge < -0.3 is 9.67 Å². The molecule has 0 saturated heterocycles. The summed E-state index contributed by atoms with van der Waals surface area (Å²) in [4.78, 5) is 28.3. The number of nitrogens with zero attached hydrogens (tertiary/aromatic N) is 6. The molecule has 3 aromatic rings. The molecule has 5 rings (SSSR count). The molecule has 1 amide bonds. The second-order valence-corrected chi connectivity index (χ2v) is 11.3. The van der Waals surface area contributed by atoms with Crippen LogP contribution in [0.1, 0.15) is 63.6 Å². The van der Waals surface area contributed by atoms with E-state index in [9.17, 15) is 19.6 Å². The molecular weight excluding hydrogens is 471 g/mol. The highest BCUT2D eigenvalue weighted by Gasteiger charge is 2.40. The fourth-order valence-corrected chi connectivity index (χ4v) is 5.54. The van der Waals surface area contributed by atoms with Crippen molar-refractivity contribution in [2.24, 2.45) is 17.3 Å². The third kappa shape index (κ3) is 5.35. The minimum absolute atomic E-state index is 0.0110. The van der Waals surface area contributed by atoms with Crippen molar-refractivity contribution in [1.29, 1.82) is 5.26 Å². The molecule has 1 N–H and O–H groups in total. The van der Waals surface area contributed by atoms with Gasteiger partial charge in [-0.3, -0.25) is 19.1 Å². The molecule has 2 fully saturated rings. The minimum atomic E-state index is -1.12. The number of carbonyl (C=O) groups is 1. The first kappa shape index (κ1) is 25.3. The predicted octanol–water partition coefficient (Wildman–Crippen LogP) is 4.51. The lowest BCUT2D eigenvalue weighted by molar-refractivity contribution is -0.120. The average molecular weight is 505 g/mol. The summed E-state index contributed by atoms with van der Waals surface area (Å²) < 4.78 is 16.7. The lowest BCUT2D eigenvalue weighted by Crippen LogP contribution is -2.42. The minimum Gasteiger partial charge on any atom is -0.384 e. The monoisotopic (exact) mass is 504 g/mol. The van der Waals surface area contributed by atoms with Crippen LogP contribution in [0.15, 0.2) is 36.9 Å². The Morgan fingerprint density at radius 3 is 2.73 bits per heavy atom. The topological polar surface area (TPSA) is 108 Å².